The van der Waals surface area contributed by atoms with E-state index >= 15 is 0 Å². The first-order valence-corrected chi connectivity index (χ1v) is 8.65. The molecular weight excluding hydrogens is 302 g/mol. The molecule has 0 unspecified atom stereocenters. The minimum Gasteiger partial charge on any atom is -0.476 e. The summed E-state index contributed by atoms with van der Waals surface area (Å²) in [4.78, 5) is 10.9. The highest BCUT2D eigenvalue weighted by Crippen LogP contribution is 2.43. The van der Waals surface area contributed by atoms with Gasteiger partial charge in [-0.15, -0.1) is 0 Å². The molecule has 4 nitrogen and oxygen atoms in total. The van der Waals surface area contributed by atoms with Gasteiger partial charge in [0.05, 0.1) is 0 Å². The zero-order valence-corrected chi connectivity index (χ0v) is 14.6. The maximum atomic E-state index is 10.9. The highest BCUT2D eigenvalue weighted by Gasteiger charge is 2.30. The van der Waals surface area contributed by atoms with Gasteiger partial charge >= 0.3 is 5.97 Å². The van der Waals surface area contributed by atoms with Crippen LogP contribution in [0.5, 0.6) is 0 Å². The SMILES string of the molecule is CC(C)(C)C1CCC(c2cccc(-c3cc(C(=O)O)no3)c2)CC1. The summed E-state index contributed by atoms with van der Waals surface area (Å²) in [5, 5.41) is 12.6. The lowest BCUT2D eigenvalue weighted by atomic mass is 9.68. The van der Waals surface area contributed by atoms with Crippen molar-refractivity contribution in [1.82, 2.24) is 5.16 Å². The average molecular weight is 327 g/mol. The lowest BCUT2D eigenvalue weighted by Crippen LogP contribution is -2.25. The minimum absolute atomic E-state index is 0.0545. The van der Waals surface area contributed by atoms with E-state index in [1.165, 1.54) is 37.3 Å². The van der Waals surface area contributed by atoms with Crippen LogP contribution in [0.2, 0.25) is 0 Å². The number of carboxylic acids is 1. The van der Waals surface area contributed by atoms with E-state index in [1.807, 2.05) is 12.1 Å². The van der Waals surface area contributed by atoms with E-state index in [0.717, 1.165) is 11.5 Å². The first kappa shape index (κ1) is 16.7. The summed E-state index contributed by atoms with van der Waals surface area (Å²) in [5.41, 5.74) is 2.54. The van der Waals surface area contributed by atoms with E-state index in [-0.39, 0.29) is 5.69 Å². The first-order chi connectivity index (χ1) is 11.3. The van der Waals surface area contributed by atoms with Crippen LogP contribution in [-0.4, -0.2) is 16.2 Å². The van der Waals surface area contributed by atoms with Crippen molar-refractivity contribution in [1.29, 1.82) is 0 Å². The van der Waals surface area contributed by atoms with Gasteiger partial charge in [-0.1, -0.05) is 44.1 Å². The number of hydrogen-bond acceptors (Lipinski definition) is 3. The Kier molecular flexibility index (Phi) is 4.48. The molecule has 1 aliphatic rings. The number of carbonyl (C=O) groups is 1. The van der Waals surface area contributed by atoms with Crippen LogP contribution >= 0.6 is 0 Å². The van der Waals surface area contributed by atoms with Crippen molar-refractivity contribution in [3.63, 3.8) is 0 Å². The largest absolute Gasteiger partial charge is 0.476 e. The molecule has 1 aromatic carbocycles. The molecule has 1 N–H and O–H groups in total. The number of nitrogens with zero attached hydrogens (tertiary/aromatic N) is 1. The van der Waals surface area contributed by atoms with Gasteiger partial charge in [0, 0.05) is 11.6 Å². The topological polar surface area (TPSA) is 63.3 Å². The van der Waals surface area contributed by atoms with Crippen LogP contribution in [0.4, 0.5) is 0 Å². The van der Waals surface area contributed by atoms with Gasteiger partial charge in [-0.05, 0) is 54.6 Å². The second-order valence-electron chi connectivity index (χ2n) is 7.92. The summed E-state index contributed by atoms with van der Waals surface area (Å²) in [6, 6.07) is 9.73. The molecule has 0 bridgehead atoms. The number of benzene rings is 1. The summed E-state index contributed by atoms with van der Waals surface area (Å²) in [7, 11) is 0. The average Bonchev–Trinajstić information content (AvgIpc) is 3.05. The third kappa shape index (κ3) is 3.53. The standard InChI is InChI=1S/C20H25NO3/c1-20(2,3)16-9-7-13(8-10-16)14-5-4-6-15(11-14)18-12-17(19(22)23)21-24-18/h4-6,11-13,16H,7-10H2,1-3H3,(H,22,23). The van der Waals surface area contributed by atoms with E-state index in [0.29, 0.717) is 17.1 Å². The predicted molar refractivity (Wildman–Crippen MR) is 93.1 cm³/mol. The second kappa shape index (κ2) is 6.42. The van der Waals surface area contributed by atoms with Crippen molar-refractivity contribution in [3.8, 4) is 11.3 Å². The Hall–Kier alpha value is -2.10. The quantitative estimate of drug-likeness (QED) is 0.824. The molecule has 3 rings (SSSR count). The van der Waals surface area contributed by atoms with Gasteiger partial charge in [0.25, 0.3) is 0 Å². The highest BCUT2D eigenvalue weighted by atomic mass is 16.5. The fraction of sp³-hybridized carbons (Fsp3) is 0.500. The third-order valence-electron chi connectivity index (χ3n) is 5.32. The molecular formula is C20H25NO3. The second-order valence-corrected chi connectivity index (χ2v) is 7.92. The Bertz CT molecular complexity index is 718. The maximum Gasteiger partial charge on any atom is 0.358 e. The predicted octanol–water partition coefficient (Wildman–Crippen LogP) is 5.36. The molecule has 0 aliphatic heterocycles. The minimum atomic E-state index is -1.07. The summed E-state index contributed by atoms with van der Waals surface area (Å²) in [6.07, 6.45) is 4.96. The Balaban J connectivity index is 1.75. The Morgan fingerprint density at radius 2 is 1.88 bits per heavy atom. The van der Waals surface area contributed by atoms with E-state index in [9.17, 15) is 4.79 Å². The van der Waals surface area contributed by atoms with Crippen molar-refractivity contribution in [2.45, 2.75) is 52.4 Å². The summed E-state index contributed by atoms with van der Waals surface area (Å²) < 4.78 is 5.19. The van der Waals surface area contributed by atoms with Crippen LogP contribution in [0.3, 0.4) is 0 Å². The molecule has 4 heteroatoms. The van der Waals surface area contributed by atoms with Crippen LogP contribution in [0.15, 0.2) is 34.9 Å². The lowest BCUT2D eigenvalue weighted by molar-refractivity contribution is 0.0686. The van der Waals surface area contributed by atoms with Crippen LogP contribution in [0.25, 0.3) is 11.3 Å². The number of rotatable bonds is 3. The number of aromatic carboxylic acids is 1. The first-order valence-electron chi connectivity index (χ1n) is 8.65. The molecule has 0 saturated heterocycles. The van der Waals surface area contributed by atoms with Crippen molar-refractivity contribution >= 4 is 5.97 Å². The molecule has 1 heterocycles. The fourth-order valence-electron chi connectivity index (χ4n) is 3.75. The summed E-state index contributed by atoms with van der Waals surface area (Å²) in [5.74, 6) is 0.814. The number of carboxylic acid groups (broad SMARTS) is 1. The van der Waals surface area contributed by atoms with E-state index in [2.05, 4.69) is 38.1 Å². The Morgan fingerprint density at radius 3 is 2.46 bits per heavy atom. The molecule has 128 valence electrons. The van der Waals surface area contributed by atoms with Crippen LogP contribution in [0, 0.1) is 11.3 Å². The zero-order valence-electron chi connectivity index (χ0n) is 14.6. The molecule has 1 saturated carbocycles. The van der Waals surface area contributed by atoms with Gasteiger partial charge in [0.2, 0.25) is 0 Å². The van der Waals surface area contributed by atoms with Gasteiger partial charge in [0.1, 0.15) is 0 Å². The maximum absolute atomic E-state index is 10.9. The van der Waals surface area contributed by atoms with Gasteiger partial charge < -0.3 is 9.63 Å². The molecule has 0 amide bonds. The van der Waals surface area contributed by atoms with E-state index in [4.69, 9.17) is 9.63 Å². The lowest BCUT2D eigenvalue weighted by Gasteiger charge is -2.37. The van der Waals surface area contributed by atoms with Gasteiger partial charge in [0.15, 0.2) is 11.5 Å². The molecule has 1 aromatic heterocycles. The smallest absolute Gasteiger partial charge is 0.358 e. The summed E-state index contributed by atoms with van der Waals surface area (Å²) in [6.45, 7) is 7.01. The van der Waals surface area contributed by atoms with Gasteiger partial charge in [-0.25, -0.2) is 4.79 Å². The molecule has 0 spiro atoms. The molecule has 0 atom stereocenters. The van der Waals surface area contributed by atoms with Crippen LogP contribution < -0.4 is 0 Å². The van der Waals surface area contributed by atoms with Crippen LogP contribution in [0.1, 0.15) is 68.4 Å². The number of hydrogen-bond donors (Lipinski definition) is 1. The fourth-order valence-corrected chi connectivity index (χ4v) is 3.75. The van der Waals surface area contributed by atoms with Crippen molar-refractivity contribution in [2.75, 3.05) is 0 Å². The van der Waals surface area contributed by atoms with Crippen molar-refractivity contribution in [2.24, 2.45) is 11.3 Å². The molecule has 1 aliphatic carbocycles. The van der Waals surface area contributed by atoms with E-state index in [1.54, 1.807) is 0 Å². The third-order valence-corrected chi connectivity index (χ3v) is 5.32. The zero-order chi connectivity index (χ0) is 17.3. The number of aromatic nitrogens is 1. The highest BCUT2D eigenvalue weighted by molar-refractivity contribution is 5.86. The van der Waals surface area contributed by atoms with Crippen molar-refractivity contribution in [3.05, 3.63) is 41.6 Å². The van der Waals surface area contributed by atoms with Crippen LogP contribution in [-0.2, 0) is 0 Å². The molecule has 24 heavy (non-hydrogen) atoms. The molecule has 2 aromatic rings. The summed E-state index contributed by atoms with van der Waals surface area (Å²) >= 11 is 0. The Labute approximate surface area is 142 Å². The van der Waals surface area contributed by atoms with Gasteiger partial charge in [-0.3, -0.25) is 0 Å². The van der Waals surface area contributed by atoms with E-state index < -0.39 is 5.97 Å². The monoisotopic (exact) mass is 327 g/mol. The van der Waals surface area contributed by atoms with Gasteiger partial charge in [-0.2, -0.15) is 0 Å². The van der Waals surface area contributed by atoms with Crippen molar-refractivity contribution < 1.29 is 14.4 Å². The normalized spacial score (nSPS) is 21.6. The Morgan fingerprint density at radius 1 is 1.17 bits per heavy atom. The molecule has 1 fully saturated rings. The molecule has 0 radical (unpaired) electrons.